The second-order valence-electron chi connectivity index (χ2n) is 7.61. The van der Waals surface area contributed by atoms with E-state index in [-0.39, 0.29) is 0 Å². The second-order valence-corrected chi connectivity index (χ2v) is 8.04. The van der Waals surface area contributed by atoms with Crippen LogP contribution in [0.3, 0.4) is 0 Å². The first kappa shape index (κ1) is 23.3. The zero-order valence-electron chi connectivity index (χ0n) is 17.1. The molecule has 0 bridgehead atoms. The van der Waals surface area contributed by atoms with Crippen molar-refractivity contribution < 1.29 is 4.74 Å². The first-order valence-electron chi connectivity index (χ1n) is 11.2. The zero-order valence-corrected chi connectivity index (χ0v) is 17.9. The largest absolute Gasteiger partial charge is 0.494 e. The summed E-state index contributed by atoms with van der Waals surface area (Å²) in [6.45, 7) is 3.11. The van der Waals surface area contributed by atoms with Crippen molar-refractivity contribution >= 4 is 11.6 Å². The molecule has 0 saturated carbocycles. The van der Waals surface area contributed by atoms with Crippen LogP contribution in [-0.2, 0) is 0 Å². The average Bonchev–Trinajstić information content (AvgIpc) is 2.66. The molecule has 0 radical (unpaired) electrons. The molecule has 1 aromatic carbocycles. The lowest BCUT2D eigenvalue weighted by atomic mass is 10.0. The number of hydrogen-bond acceptors (Lipinski definition) is 1. The van der Waals surface area contributed by atoms with Crippen molar-refractivity contribution in [2.45, 2.75) is 110 Å². The Hall–Kier alpha value is -0.690. The first-order chi connectivity index (χ1) is 12.8. The number of ether oxygens (including phenoxy) is 1. The molecule has 0 heterocycles. The number of hydrogen-bond donors (Lipinski definition) is 0. The van der Waals surface area contributed by atoms with E-state index in [1.54, 1.807) is 0 Å². The Morgan fingerprint density at radius 3 is 1.38 bits per heavy atom. The van der Waals surface area contributed by atoms with Crippen LogP contribution in [-0.4, -0.2) is 6.61 Å². The molecule has 2 heteroatoms. The second kappa shape index (κ2) is 17.7. The normalized spacial score (nSPS) is 11.0. The van der Waals surface area contributed by atoms with Gasteiger partial charge in [0.25, 0.3) is 0 Å². The lowest BCUT2D eigenvalue weighted by molar-refractivity contribution is 0.304. The van der Waals surface area contributed by atoms with Crippen LogP contribution in [0.2, 0.25) is 5.02 Å². The molecule has 0 atom stereocenters. The maximum Gasteiger partial charge on any atom is 0.119 e. The molecule has 0 aromatic heterocycles. The van der Waals surface area contributed by atoms with E-state index in [2.05, 4.69) is 6.92 Å². The van der Waals surface area contributed by atoms with Gasteiger partial charge in [-0.25, -0.2) is 0 Å². The van der Waals surface area contributed by atoms with Gasteiger partial charge in [-0.1, -0.05) is 115 Å². The summed E-state index contributed by atoms with van der Waals surface area (Å²) in [6.07, 6.45) is 22.4. The standard InChI is InChI=1S/C24H41ClO/c1-2-3-4-5-6-7-8-9-10-11-12-13-14-15-16-17-22-26-24-20-18-23(25)19-21-24/h18-21H,2-17,22H2,1H3. The van der Waals surface area contributed by atoms with Crippen molar-refractivity contribution in [1.29, 1.82) is 0 Å². The number of benzene rings is 1. The van der Waals surface area contributed by atoms with Crippen LogP contribution >= 0.6 is 11.6 Å². The fourth-order valence-corrected chi connectivity index (χ4v) is 3.50. The monoisotopic (exact) mass is 380 g/mol. The minimum Gasteiger partial charge on any atom is -0.494 e. The predicted molar refractivity (Wildman–Crippen MR) is 116 cm³/mol. The van der Waals surface area contributed by atoms with Gasteiger partial charge in [0.15, 0.2) is 0 Å². The molecule has 26 heavy (non-hydrogen) atoms. The van der Waals surface area contributed by atoms with Crippen molar-refractivity contribution in [3.63, 3.8) is 0 Å². The van der Waals surface area contributed by atoms with E-state index in [4.69, 9.17) is 16.3 Å². The fraction of sp³-hybridized carbons (Fsp3) is 0.750. The number of rotatable bonds is 18. The van der Waals surface area contributed by atoms with Crippen LogP contribution in [0.15, 0.2) is 24.3 Å². The molecule has 0 fully saturated rings. The third kappa shape index (κ3) is 14.5. The molecule has 1 nitrogen and oxygen atoms in total. The topological polar surface area (TPSA) is 9.23 Å². The summed E-state index contributed by atoms with van der Waals surface area (Å²) >= 11 is 5.86. The summed E-state index contributed by atoms with van der Waals surface area (Å²) in [5.74, 6) is 0.926. The Balaban J connectivity index is 1.72. The summed E-state index contributed by atoms with van der Waals surface area (Å²) in [6, 6.07) is 7.64. The highest BCUT2D eigenvalue weighted by Crippen LogP contribution is 2.16. The predicted octanol–water partition coefficient (Wildman–Crippen LogP) is 8.98. The van der Waals surface area contributed by atoms with Gasteiger partial charge < -0.3 is 4.74 Å². The Bertz CT molecular complexity index is 401. The highest BCUT2D eigenvalue weighted by molar-refractivity contribution is 6.30. The Morgan fingerprint density at radius 2 is 0.962 bits per heavy atom. The van der Waals surface area contributed by atoms with Crippen molar-refractivity contribution in [2.24, 2.45) is 0 Å². The molecule has 0 spiro atoms. The molecule has 150 valence electrons. The van der Waals surface area contributed by atoms with E-state index < -0.39 is 0 Å². The van der Waals surface area contributed by atoms with Gasteiger partial charge in [-0.05, 0) is 30.7 Å². The first-order valence-corrected chi connectivity index (χ1v) is 11.6. The minimum absolute atomic E-state index is 0.764. The molecule has 0 aliphatic carbocycles. The lowest BCUT2D eigenvalue weighted by Crippen LogP contribution is -1.96. The van der Waals surface area contributed by atoms with Crippen LogP contribution in [0, 0.1) is 0 Å². The van der Waals surface area contributed by atoms with Gasteiger partial charge in [-0.15, -0.1) is 0 Å². The van der Waals surface area contributed by atoms with Crippen LogP contribution in [0.1, 0.15) is 110 Å². The molecule has 0 N–H and O–H groups in total. The number of halogens is 1. The van der Waals surface area contributed by atoms with E-state index in [0.29, 0.717) is 0 Å². The summed E-state index contributed by atoms with van der Waals surface area (Å²) in [4.78, 5) is 0. The van der Waals surface area contributed by atoms with Gasteiger partial charge in [0.2, 0.25) is 0 Å². The van der Waals surface area contributed by atoms with Gasteiger partial charge in [-0.2, -0.15) is 0 Å². The smallest absolute Gasteiger partial charge is 0.119 e. The van der Waals surface area contributed by atoms with E-state index in [1.165, 1.54) is 96.3 Å². The lowest BCUT2D eigenvalue weighted by Gasteiger charge is -2.06. The van der Waals surface area contributed by atoms with Gasteiger partial charge in [0.05, 0.1) is 6.61 Å². The Labute approximate surface area is 167 Å². The quantitative estimate of drug-likeness (QED) is 0.231. The van der Waals surface area contributed by atoms with Crippen LogP contribution in [0.25, 0.3) is 0 Å². The fourth-order valence-electron chi connectivity index (χ4n) is 3.37. The molecular formula is C24H41ClO. The zero-order chi connectivity index (χ0) is 18.7. The van der Waals surface area contributed by atoms with E-state index in [1.807, 2.05) is 24.3 Å². The molecule has 0 saturated heterocycles. The SMILES string of the molecule is CCCCCCCCCCCCCCCCCCOc1ccc(Cl)cc1. The molecular weight excluding hydrogens is 340 g/mol. The van der Waals surface area contributed by atoms with Crippen molar-refractivity contribution in [3.8, 4) is 5.75 Å². The number of unbranched alkanes of at least 4 members (excludes halogenated alkanes) is 15. The van der Waals surface area contributed by atoms with Crippen molar-refractivity contribution in [3.05, 3.63) is 29.3 Å². The Morgan fingerprint density at radius 1 is 0.577 bits per heavy atom. The maximum atomic E-state index is 5.86. The third-order valence-electron chi connectivity index (χ3n) is 5.08. The van der Waals surface area contributed by atoms with Crippen LogP contribution < -0.4 is 4.74 Å². The molecule has 0 aliphatic rings. The molecule has 0 aliphatic heterocycles. The summed E-state index contributed by atoms with van der Waals surface area (Å²) < 4.78 is 5.72. The van der Waals surface area contributed by atoms with E-state index in [9.17, 15) is 0 Å². The van der Waals surface area contributed by atoms with E-state index >= 15 is 0 Å². The summed E-state index contributed by atoms with van der Waals surface area (Å²) in [5, 5.41) is 0.764. The molecule has 0 amide bonds. The Kier molecular flexibility index (Phi) is 15.9. The molecule has 1 rings (SSSR count). The van der Waals surface area contributed by atoms with E-state index in [0.717, 1.165) is 23.8 Å². The average molecular weight is 381 g/mol. The summed E-state index contributed by atoms with van der Waals surface area (Å²) in [5.41, 5.74) is 0. The van der Waals surface area contributed by atoms with Gasteiger partial charge in [-0.3, -0.25) is 0 Å². The highest BCUT2D eigenvalue weighted by Gasteiger charge is 1.96. The minimum atomic E-state index is 0.764. The highest BCUT2D eigenvalue weighted by atomic mass is 35.5. The summed E-state index contributed by atoms with van der Waals surface area (Å²) in [7, 11) is 0. The van der Waals surface area contributed by atoms with Crippen LogP contribution in [0.5, 0.6) is 5.75 Å². The van der Waals surface area contributed by atoms with Crippen LogP contribution in [0.4, 0.5) is 0 Å². The maximum absolute atomic E-state index is 5.86. The third-order valence-corrected chi connectivity index (χ3v) is 5.33. The molecule has 1 aromatic rings. The van der Waals surface area contributed by atoms with Gasteiger partial charge in [0.1, 0.15) is 5.75 Å². The molecule has 0 unspecified atom stereocenters. The van der Waals surface area contributed by atoms with Crippen molar-refractivity contribution in [1.82, 2.24) is 0 Å². The van der Waals surface area contributed by atoms with Crippen molar-refractivity contribution in [2.75, 3.05) is 6.61 Å². The van der Waals surface area contributed by atoms with Gasteiger partial charge >= 0.3 is 0 Å². The van der Waals surface area contributed by atoms with Gasteiger partial charge in [0, 0.05) is 5.02 Å².